The molecule has 552 valence electrons. The van der Waals surface area contributed by atoms with Crippen LogP contribution in [-0.2, 0) is 65.4 Å². The van der Waals surface area contributed by atoms with E-state index in [4.69, 9.17) is 37.0 Å². The number of aliphatic hydroxyl groups is 1. The maximum absolute atomic E-state index is 13.1. The number of aliphatic hydroxyl groups excluding tert-OH is 1. The number of ether oxygens (including phenoxy) is 4. The van der Waals surface area contributed by atoms with Gasteiger partial charge in [-0.1, -0.05) is 319 Å². The Hall–Kier alpha value is -1.94. The van der Waals surface area contributed by atoms with Gasteiger partial charge in [0.25, 0.3) is 0 Å². The fourth-order valence-electron chi connectivity index (χ4n) is 11.2. The Kier molecular flexibility index (Phi) is 62.2. The number of phosphoric acid groups is 2. The first-order valence-electron chi connectivity index (χ1n) is 38.2. The first-order valence-corrected chi connectivity index (χ1v) is 41.2. The molecule has 3 N–H and O–H groups in total. The van der Waals surface area contributed by atoms with Crippen molar-refractivity contribution >= 4 is 39.5 Å². The molecule has 0 rings (SSSR count). The highest BCUT2D eigenvalue weighted by atomic mass is 31.2. The van der Waals surface area contributed by atoms with Crippen LogP contribution in [-0.4, -0.2) is 96.7 Å². The van der Waals surface area contributed by atoms with Crippen LogP contribution < -0.4 is 0 Å². The summed E-state index contributed by atoms with van der Waals surface area (Å²) < 4.78 is 68.4. The zero-order valence-corrected chi connectivity index (χ0v) is 62.7. The minimum atomic E-state index is -4.96. The Balaban J connectivity index is 5.23. The van der Waals surface area contributed by atoms with Gasteiger partial charge in [-0.2, -0.15) is 0 Å². The van der Waals surface area contributed by atoms with Crippen LogP contribution in [0.5, 0.6) is 0 Å². The van der Waals surface area contributed by atoms with Crippen LogP contribution >= 0.6 is 15.6 Å². The van der Waals surface area contributed by atoms with Crippen LogP contribution in [0.2, 0.25) is 0 Å². The summed E-state index contributed by atoms with van der Waals surface area (Å²) in [4.78, 5) is 72.7. The van der Waals surface area contributed by atoms with E-state index >= 15 is 0 Å². The summed E-state index contributed by atoms with van der Waals surface area (Å²) in [5, 5.41) is 10.6. The minimum absolute atomic E-state index is 0.104. The van der Waals surface area contributed by atoms with Crippen molar-refractivity contribution in [2.24, 2.45) is 23.7 Å². The number of hydrogen-bond acceptors (Lipinski definition) is 15. The fraction of sp³-hybridized carbons (Fsp3) is 0.946. The molecular weight excluding hydrogens is 1220 g/mol. The summed E-state index contributed by atoms with van der Waals surface area (Å²) in [6, 6.07) is 0. The lowest BCUT2D eigenvalue weighted by atomic mass is 9.99. The number of phosphoric ester groups is 2. The van der Waals surface area contributed by atoms with Crippen molar-refractivity contribution in [3.63, 3.8) is 0 Å². The van der Waals surface area contributed by atoms with E-state index in [2.05, 4.69) is 55.4 Å². The summed E-state index contributed by atoms with van der Waals surface area (Å²) in [5.41, 5.74) is 0. The molecule has 6 atom stereocenters. The van der Waals surface area contributed by atoms with E-state index in [0.29, 0.717) is 31.6 Å². The molecule has 0 heterocycles. The van der Waals surface area contributed by atoms with Gasteiger partial charge >= 0.3 is 39.5 Å². The Morgan fingerprint density at radius 2 is 0.516 bits per heavy atom. The standard InChI is InChI=1S/C74H144O17P2/c1-9-67(8)53-45-37-29-21-14-12-10-11-13-15-22-30-38-46-54-71(76)84-60-69(90-73(78)56-48-40-31-23-17-16-19-26-34-42-50-64(2)3)62-88-92(80,81)86-58-68(75)59-87-93(82,83)89-63-70(61-85-72(77)55-47-39-33-25-28-36-44-52-66(6)7)91-74(79)57-49-41-32-24-18-20-27-35-43-51-65(4)5/h64-70,75H,9-63H2,1-8H3,(H,80,81)(H,82,83)/t67?,68?,69-,70-/m1/s1. The van der Waals surface area contributed by atoms with E-state index < -0.39 is 97.5 Å². The number of hydrogen-bond donors (Lipinski definition) is 3. The van der Waals surface area contributed by atoms with Crippen LogP contribution in [0.3, 0.4) is 0 Å². The van der Waals surface area contributed by atoms with E-state index in [1.807, 2.05) is 0 Å². The molecule has 19 heteroatoms. The molecule has 0 fully saturated rings. The van der Waals surface area contributed by atoms with Crippen LogP contribution in [0.15, 0.2) is 0 Å². The molecule has 93 heavy (non-hydrogen) atoms. The maximum Gasteiger partial charge on any atom is 0.472 e. The van der Waals surface area contributed by atoms with Gasteiger partial charge in [-0.3, -0.25) is 37.3 Å². The molecule has 0 bridgehead atoms. The smallest absolute Gasteiger partial charge is 0.462 e. The van der Waals surface area contributed by atoms with Gasteiger partial charge in [-0.25, -0.2) is 9.13 Å². The second-order valence-corrected chi connectivity index (χ2v) is 31.3. The molecule has 4 unspecified atom stereocenters. The van der Waals surface area contributed by atoms with E-state index in [-0.39, 0.29) is 25.7 Å². The molecule has 0 saturated heterocycles. The molecule has 17 nitrogen and oxygen atoms in total. The number of carbonyl (C=O) groups is 4. The molecule has 0 saturated carbocycles. The number of esters is 4. The van der Waals surface area contributed by atoms with E-state index in [1.54, 1.807) is 0 Å². The maximum atomic E-state index is 13.1. The number of rotatable bonds is 71. The van der Waals surface area contributed by atoms with Gasteiger partial charge in [-0.05, 0) is 49.4 Å². The molecule has 0 aromatic rings. The van der Waals surface area contributed by atoms with Crippen molar-refractivity contribution in [3.05, 3.63) is 0 Å². The van der Waals surface area contributed by atoms with E-state index in [1.165, 1.54) is 167 Å². The Morgan fingerprint density at radius 3 is 0.763 bits per heavy atom. The molecule has 0 aliphatic rings. The predicted octanol–water partition coefficient (Wildman–Crippen LogP) is 21.3. The first-order chi connectivity index (χ1) is 44.6. The summed E-state index contributed by atoms with van der Waals surface area (Å²) in [6.07, 6.45) is 47.2. The number of unbranched alkanes of at least 4 members (excludes halogenated alkanes) is 36. The third kappa shape index (κ3) is 67.0. The van der Waals surface area contributed by atoms with E-state index in [0.717, 1.165) is 114 Å². The first kappa shape index (κ1) is 91.1. The van der Waals surface area contributed by atoms with Crippen LogP contribution in [0.25, 0.3) is 0 Å². The average molecular weight is 1370 g/mol. The average Bonchev–Trinajstić information content (AvgIpc) is 3.50. The molecule has 0 spiro atoms. The highest BCUT2D eigenvalue weighted by molar-refractivity contribution is 7.47. The van der Waals surface area contributed by atoms with E-state index in [9.17, 15) is 43.2 Å². The SMILES string of the molecule is CCC(C)CCCCCCCCCCCCCCCCC(=O)OC[C@H](COP(=O)(O)OCC(O)COP(=O)(O)OC[C@@H](COC(=O)CCCCCCCCCC(C)C)OC(=O)CCCCCCCCCCCC(C)C)OC(=O)CCCCCCCCCCCCC(C)C. The highest BCUT2D eigenvalue weighted by Gasteiger charge is 2.30. The second kappa shape index (κ2) is 63.5. The largest absolute Gasteiger partial charge is 0.472 e. The molecule has 0 aliphatic heterocycles. The molecule has 0 aliphatic carbocycles. The zero-order valence-electron chi connectivity index (χ0n) is 60.9. The van der Waals surface area contributed by atoms with Gasteiger partial charge in [-0.15, -0.1) is 0 Å². The zero-order chi connectivity index (χ0) is 68.9. The van der Waals surface area contributed by atoms with Crippen molar-refractivity contribution in [2.75, 3.05) is 39.6 Å². The van der Waals surface area contributed by atoms with Crippen molar-refractivity contribution in [3.8, 4) is 0 Å². The summed E-state index contributed by atoms with van der Waals surface area (Å²) in [6.45, 7) is 14.1. The van der Waals surface area contributed by atoms with Gasteiger partial charge in [0, 0.05) is 25.7 Å². The minimum Gasteiger partial charge on any atom is -0.462 e. The van der Waals surface area contributed by atoms with Gasteiger partial charge in [0.2, 0.25) is 0 Å². The van der Waals surface area contributed by atoms with Crippen molar-refractivity contribution in [2.45, 2.75) is 388 Å². The van der Waals surface area contributed by atoms with Gasteiger partial charge in [0.1, 0.15) is 19.3 Å². The van der Waals surface area contributed by atoms with Crippen LogP contribution in [0.1, 0.15) is 370 Å². The Morgan fingerprint density at radius 1 is 0.301 bits per heavy atom. The molecule has 0 radical (unpaired) electrons. The highest BCUT2D eigenvalue weighted by Crippen LogP contribution is 2.45. The lowest BCUT2D eigenvalue weighted by molar-refractivity contribution is -0.161. The van der Waals surface area contributed by atoms with Gasteiger partial charge < -0.3 is 33.8 Å². The van der Waals surface area contributed by atoms with Crippen molar-refractivity contribution in [1.29, 1.82) is 0 Å². The Labute approximate surface area is 568 Å². The molecule has 0 amide bonds. The lowest BCUT2D eigenvalue weighted by Crippen LogP contribution is -2.30. The summed E-state index contributed by atoms with van der Waals surface area (Å²) in [5.74, 6) is 0.918. The second-order valence-electron chi connectivity index (χ2n) is 28.4. The third-order valence-electron chi connectivity index (χ3n) is 17.4. The lowest BCUT2D eigenvalue weighted by Gasteiger charge is -2.21. The quantitative estimate of drug-likeness (QED) is 0.0222. The van der Waals surface area contributed by atoms with Gasteiger partial charge in [0.15, 0.2) is 12.2 Å². The fourth-order valence-corrected chi connectivity index (χ4v) is 12.7. The molecular formula is C74H144O17P2. The third-order valence-corrected chi connectivity index (χ3v) is 19.3. The number of carbonyl (C=O) groups excluding carboxylic acids is 4. The Bertz CT molecular complexity index is 1840. The van der Waals surface area contributed by atoms with Crippen molar-refractivity contribution in [1.82, 2.24) is 0 Å². The monoisotopic (exact) mass is 1370 g/mol. The van der Waals surface area contributed by atoms with Gasteiger partial charge in [0.05, 0.1) is 26.4 Å². The predicted molar refractivity (Wildman–Crippen MR) is 377 cm³/mol. The summed E-state index contributed by atoms with van der Waals surface area (Å²) >= 11 is 0. The molecule has 0 aromatic heterocycles. The summed E-state index contributed by atoms with van der Waals surface area (Å²) in [7, 11) is -9.91. The van der Waals surface area contributed by atoms with Crippen LogP contribution in [0.4, 0.5) is 0 Å². The van der Waals surface area contributed by atoms with Crippen LogP contribution in [0, 0.1) is 23.7 Å². The molecule has 0 aromatic carbocycles. The van der Waals surface area contributed by atoms with Crippen molar-refractivity contribution < 1.29 is 80.2 Å². The normalized spacial score (nSPS) is 14.5. The topological polar surface area (TPSA) is 237 Å².